The van der Waals surface area contributed by atoms with E-state index in [2.05, 4.69) is 31.2 Å². The number of halogens is 2. The van der Waals surface area contributed by atoms with Gasteiger partial charge in [-0.1, -0.05) is 0 Å². The molecule has 0 atom stereocenters. The van der Waals surface area contributed by atoms with Crippen LogP contribution in [-0.2, 0) is 0 Å². The molecule has 2 rings (SSSR count). The predicted molar refractivity (Wildman–Crippen MR) is 68.6 cm³/mol. The van der Waals surface area contributed by atoms with E-state index in [4.69, 9.17) is 5.73 Å². The molecule has 0 radical (unpaired) electrons. The lowest BCUT2D eigenvalue weighted by molar-refractivity contribution is 0.621. The topological polar surface area (TPSA) is 63.8 Å². The lowest BCUT2D eigenvalue weighted by Gasteiger charge is -2.07. The van der Waals surface area contributed by atoms with Gasteiger partial charge in [-0.25, -0.2) is 9.37 Å². The van der Waals surface area contributed by atoms with E-state index in [1.807, 2.05) is 6.92 Å². The van der Waals surface area contributed by atoms with Gasteiger partial charge < -0.3 is 11.1 Å². The van der Waals surface area contributed by atoms with E-state index in [1.54, 1.807) is 18.2 Å². The van der Waals surface area contributed by atoms with Crippen LogP contribution < -0.4 is 11.1 Å². The van der Waals surface area contributed by atoms with Gasteiger partial charge in [-0.3, -0.25) is 0 Å². The third-order valence-corrected chi connectivity index (χ3v) is 2.67. The summed E-state index contributed by atoms with van der Waals surface area (Å²) < 4.78 is 13.4. The summed E-state index contributed by atoms with van der Waals surface area (Å²) in [5.74, 6) is 0.469. The second kappa shape index (κ2) is 4.67. The first-order valence-corrected chi connectivity index (χ1v) is 5.67. The molecule has 6 heteroatoms. The molecule has 0 unspecified atom stereocenters. The number of nitrogens with zero attached hydrogens (tertiary/aromatic N) is 2. The first-order chi connectivity index (χ1) is 8.04. The van der Waals surface area contributed by atoms with E-state index in [1.165, 1.54) is 6.07 Å². The average molecular weight is 297 g/mol. The molecular weight excluding hydrogens is 287 g/mol. The van der Waals surface area contributed by atoms with Gasteiger partial charge >= 0.3 is 0 Å². The molecule has 0 saturated carbocycles. The van der Waals surface area contributed by atoms with Crippen LogP contribution in [0.25, 0.3) is 0 Å². The maximum Gasteiger partial charge on any atom is 0.222 e. The summed E-state index contributed by atoms with van der Waals surface area (Å²) in [4.78, 5) is 7.99. The normalized spacial score (nSPS) is 10.3. The van der Waals surface area contributed by atoms with Crippen molar-refractivity contribution in [3.05, 3.63) is 40.2 Å². The smallest absolute Gasteiger partial charge is 0.222 e. The van der Waals surface area contributed by atoms with Crippen molar-refractivity contribution >= 4 is 33.4 Å². The van der Waals surface area contributed by atoms with Gasteiger partial charge in [-0.15, -0.1) is 0 Å². The summed E-state index contributed by atoms with van der Waals surface area (Å²) in [5.41, 5.74) is 7.02. The van der Waals surface area contributed by atoms with E-state index in [-0.39, 0.29) is 11.8 Å². The summed E-state index contributed by atoms with van der Waals surface area (Å²) >= 11 is 3.12. The molecule has 88 valence electrons. The van der Waals surface area contributed by atoms with Gasteiger partial charge in [0.1, 0.15) is 11.6 Å². The second-order valence-corrected chi connectivity index (χ2v) is 4.36. The quantitative estimate of drug-likeness (QED) is 0.894. The van der Waals surface area contributed by atoms with E-state index < -0.39 is 0 Å². The van der Waals surface area contributed by atoms with Gasteiger partial charge in [0.15, 0.2) is 0 Å². The Balaban J connectivity index is 2.28. The van der Waals surface area contributed by atoms with E-state index in [0.29, 0.717) is 10.3 Å². The van der Waals surface area contributed by atoms with E-state index in [9.17, 15) is 4.39 Å². The average Bonchev–Trinajstić information content (AvgIpc) is 2.22. The van der Waals surface area contributed by atoms with Crippen LogP contribution in [0, 0.1) is 12.7 Å². The molecule has 0 amide bonds. The molecule has 0 bridgehead atoms. The number of aryl methyl sites for hydroxylation is 1. The van der Waals surface area contributed by atoms with Gasteiger partial charge in [0, 0.05) is 17.4 Å². The summed E-state index contributed by atoms with van der Waals surface area (Å²) in [6, 6.07) is 6.37. The number of aromatic nitrogens is 2. The third-order valence-electron chi connectivity index (χ3n) is 2.06. The van der Waals surface area contributed by atoms with Crippen LogP contribution in [0.5, 0.6) is 0 Å². The first-order valence-electron chi connectivity index (χ1n) is 4.88. The van der Waals surface area contributed by atoms with Gasteiger partial charge in [0.2, 0.25) is 5.95 Å². The van der Waals surface area contributed by atoms with Crippen LogP contribution in [0.3, 0.4) is 0 Å². The molecule has 0 fully saturated rings. The molecule has 0 saturated heterocycles. The fourth-order valence-electron chi connectivity index (χ4n) is 1.38. The van der Waals surface area contributed by atoms with Gasteiger partial charge in [-0.2, -0.15) is 4.98 Å². The Morgan fingerprint density at radius 3 is 2.71 bits per heavy atom. The third kappa shape index (κ3) is 2.91. The molecule has 17 heavy (non-hydrogen) atoms. The van der Waals surface area contributed by atoms with E-state index in [0.717, 1.165) is 11.4 Å². The molecule has 3 N–H and O–H groups in total. The maximum absolute atomic E-state index is 13.0. The van der Waals surface area contributed by atoms with Crippen LogP contribution >= 0.6 is 15.9 Å². The highest BCUT2D eigenvalue weighted by Gasteiger charge is 2.03. The highest BCUT2D eigenvalue weighted by Crippen LogP contribution is 2.22. The summed E-state index contributed by atoms with van der Waals surface area (Å²) in [5, 5.41) is 3.03. The molecule has 4 nitrogen and oxygen atoms in total. The van der Waals surface area contributed by atoms with Crippen molar-refractivity contribution in [2.45, 2.75) is 6.92 Å². The Morgan fingerprint density at radius 2 is 2.06 bits per heavy atom. The Hall–Kier alpha value is -1.69. The summed E-state index contributed by atoms with van der Waals surface area (Å²) in [7, 11) is 0. The summed E-state index contributed by atoms with van der Waals surface area (Å²) in [6.45, 7) is 1.82. The fraction of sp³-hybridized carbons (Fsp3) is 0.0909. The lowest BCUT2D eigenvalue weighted by atomic mass is 10.3. The number of rotatable bonds is 2. The van der Waals surface area contributed by atoms with Crippen molar-refractivity contribution in [3.63, 3.8) is 0 Å². The first kappa shape index (κ1) is 11.8. The van der Waals surface area contributed by atoms with Gasteiger partial charge in [0.05, 0.1) is 4.47 Å². The molecule has 0 aliphatic rings. The molecule has 0 aliphatic heterocycles. The number of hydrogen-bond donors (Lipinski definition) is 2. The zero-order valence-corrected chi connectivity index (χ0v) is 10.6. The minimum absolute atomic E-state index is 0.202. The fourth-order valence-corrected chi connectivity index (χ4v) is 1.76. The highest BCUT2D eigenvalue weighted by atomic mass is 79.9. The zero-order valence-electron chi connectivity index (χ0n) is 9.04. The molecule has 1 heterocycles. The van der Waals surface area contributed by atoms with E-state index >= 15 is 0 Å². The molecule has 0 aliphatic carbocycles. The number of benzene rings is 1. The number of anilines is 3. The van der Waals surface area contributed by atoms with Gasteiger partial charge in [-0.05, 0) is 41.1 Å². The molecular formula is C11H10BrFN4. The van der Waals surface area contributed by atoms with Crippen LogP contribution in [0.1, 0.15) is 5.69 Å². The number of nitrogen functional groups attached to an aromatic ring is 1. The second-order valence-electron chi connectivity index (χ2n) is 3.51. The lowest BCUT2D eigenvalue weighted by Crippen LogP contribution is -2.01. The molecule has 2 aromatic rings. The van der Waals surface area contributed by atoms with Crippen molar-refractivity contribution in [1.29, 1.82) is 0 Å². The Bertz CT molecular complexity index is 539. The van der Waals surface area contributed by atoms with Crippen molar-refractivity contribution in [2.24, 2.45) is 0 Å². The highest BCUT2D eigenvalue weighted by molar-refractivity contribution is 9.10. The van der Waals surface area contributed by atoms with Crippen LogP contribution in [-0.4, -0.2) is 9.97 Å². The monoisotopic (exact) mass is 296 g/mol. The minimum Gasteiger partial charge on any atom is -0.368 e. The summed E-state index contributed by atoms with van der Waals surface area (Å²) in [6.07, 6.45) is 0. The number of nitrogens with one attached hydrogen (secondary N) is 1. The standard InChI is InChI=1S/C11H10BrFN4/c1-6-4-10(17-11(14)15-6)16-7-2-3-9(13)8(12)5-7/h2-5H,1H3,(H3,14,15,16,17). The minimum atomic E-state index is -0.311. The maximum atomic E-state index is 13.0. The van der Waals surface area contributed by atoms with Crippen LogP contribution in [0.15, 0.2) is 28.7 Å². The van der Waals surface area contributed by atoms with Crippen molar-refractivity contribution in [3.8, 4) is 0 Å². The Labute approximate surface area is 106 Å². The van der Waals surface area contributed by atoms with Crippen LogP contribution in [0.4, 0.5) is 21.8 Å². The zero-order chi connectivity index (χ0) is 12.4. The largest absolute Gasteiger partial charge is 0.368 e. The number of hydrogen-bond acceptors (Lipinski definition) is 4. The van der Waals surface area contributed by atoms with Gasteiger partial charge in [0.25, 0.3) is 0 Å². The number of nitrogens with two attached hydrogens (primary N) is 1. The molecule has 1 aromatic carbocycles. The predicted octanol–water partition coefficient (Wildman–Crippen LogP) is 3.01. The Morgan fingerprint density at radius 1 is 1.29 bits per heavy atom. The van der Waals surface area contributed by atoms with Crippen molar-refractivity contribution in [1.82, 2.24) is 9.97 Å². The molecule has 1 aromatic heterocycles. The SMILES string of the molecule is Cc1cc(Nc2ccc(F)c(Br)c2)nc(N)n1. The molecule has 0 spiro atoms. The van der Waals surface area contributed by atoms with Crippen molar-refractivity contribution in [2.75, 3.05) is 11.1 Å². The van der Waals surface area contributed by atoms with Crippen LogP contribution in [0.2, 0.25) is 0 Å². The Kier molecular flexibility index (Phi) is 3.23. The van der Waals surface area contributed by atoms with Crippen molar-refractivity contribution < 1.29 is 4.39 Å².